The number of nitrogens with zero attached hydrogens (tertiary/aromatic N) is 2. The molecule has 0 spiro atoms. The zero-order valence-corrected chi connectivity index (χ0v) is 12.1. The molecule has 0 amide bonds. The van der Waals surface area contributed by atoms with Crippen LogP contribution in [0, 0.1) is 0 Å². The molecule has 1 N–H and O–H groups in total. The number of hydrazone groups is 1. The third-order valence-corrected chi connectivity index (χ3v) is 4.72. The van der Waals surface area contributed by atoms with Crippen molar-refractivity contribution in [2.24, 2.45) is 5.10 Å². The van der Waals surface area contributed by atoms with Gasteiger partial charge in [0.05, 0.1) is 5.69 Å². The van der Waals surface area contributed by atoms with Gasteiger partial charge in [-0.25, -0.2) is 0 Å². The summed E-state index contributed by atoms with van der Waals surface area (Å²) in [4.78, 5) is 0. The number of rotatable bonds is 1. The van der Waals surface area contributed by atoms with Gasteiger partial charge in [-0.2, -0.15) is 16.9 Å². The topological polar surface area (TPSA) is 27.6 Å². The molecule has 1 aromatic rings. The lowest BCUT2D eigenvalue weighted by Crippen LogP contribution is -2.31. The minimum Gasteiger partial charge on any atom is -0.316 e. The van der Waals surface area contributed by atoms with Crippen molar-refractivity contribution >= 4 is 23.2 Å². The molecule has 1 fully saturated rings. The van der Waals surface area contributed by atoms with E-state index in [0.29, 0.717) is 0 Å². The Hall–Kier alpha value is -1.00. The normalized spacial score (nSPS) is 20.4. The highest BCUT2D eigenvalue weighted by atomic mass is 32.2. The van der Waals surface area contributed by atoms with Crippen molar-refractivity contribution in [1.29, 1.82) is 0 Å². The van der Waals surface area contributed by atoms with E-state index in [1.165, 1.54) is 29.1 Å². The smallest absolute Gasteiger partial charge is 0.0634 e. The summed E-state index contributed by atoms with van der Waals surface area (Å²) in [7, 11) is 0. The van der Waals surface area contributed by atoms with E-state index in [9.17, 15) is 0 Å². The molecule has 1 saturated heterocycles. The number of thioether (sulfide) groups is 1. The molecule has 0 atom stereocenters. The molecule has 0 aromatic heterocycles. The Kier molecular flexibility index (Phi) is 4.41. The van der Waals surface area contributed by atoms with E-state index >= 15 is 0 Å². The Bertz CT molecular complexity index is 450. The van der Waals surface area contributed by atoms with Gasteiger partial charge in [-0.3, -0.25) is 5.01 Å². The van der Waals surface area contributed by atoms with Crippen molar-refractivity contribution < 1.29 is 0 Å². The lowest BCUT2D eigenvalue weighted by Gasteiger charge is -2.26. The summed E-state index contributed by atoms with van der Waals surface area (Å²) in [6.07, 6.45) is 3.40. The van der Waals surface area contributed by atoms with Crippen LogP contribution in [0.3, 0.4) is 0 Å². The number of anilines is 1. The van der Waals surface area contributed by atoms with Crippen LogP contribution in [0.4, 0.5) is 5.69 Å². The number of hydrogen-bond donors (Lipinski definition) is 1. The van der Waals surface area contributed by atoms with E-state index in [1.54, 1.807) is 0 Å². The summed E-state index contributed by atoms with van der Waals surface area (Å²) in [5, 5.41) is 10.6. The first-order valence-corrected chi connectivity index (χ1v) is 8.29. The first-order chi connectivity index (χ1) is 9.43. The number of hydrogen-bond acceptors (Lipinski definition) is 4. The number of fused-ring (bicyclic) bond motifs is 1. The average molecular weight is 275 g/mol. The second kappa shape index (κ2) is 6.44. The summed E-state index contributed by atoms with van der Waals surface area (Å²) >= 11 is 2.03. The first kappa shape index (κ1) is 13.0. The fraction of sp³-hybridized carbons (Fsp3) is 0.533. The SMILES string of the molecule is c1ccc2c(c1)CSCCCN2N=C1CCNCC1. The predicted molar refractivity (Wildman–Crippen MR) is 84.1 cm³/mol. The van der Waals surface area contributed by atoms with E-state index in [-0.39, 0.29) is 0 Å². The molecule has 0 aliphatic carbocycles. The summed E-state index contributed by atoms with van der Waals surface area (Å²) in [6.45, 7) is 3.19. The highest BCUT2D eigenvalue weighted by Crippen LogP contribution is 2.28. The monoisotopic (exact) mass is 275 g/mol. The third-order valence-electron chi connectivity index (χ3n) is 3.63. The molecule has 102 valence electrons. The van der Waals surface area contributed by atoms with Gasteiger partial charge in [0, 0.05) is 43.9 Å². The molecule has 1 aromatic carbocycles. The number of nitrogens with one attached hydrogen (secondary N) is 1. The zero-order chi connectivity index (χ0) is 12.9. The number of para-hydroxylation sites is 1. The van der Waals surface area contributed by atoms with E-state index in [0.717, 1.165) is 38.2 Å². The van der Waals surface area contributed by atoms with Gasteiger partial charge in [-0.1, -0.05) is 18.2 Å². The van der Waals surface area contributed by atoms with Crippen LogP contribution in [0.1, 0.15) is 24.8 Å². The maximum absolute atomic E-state index is 4.94. The summed E-state index contributed by atoms with van der Waals surface area (Å²) < 4.78 is 0. The second-order valence-electron chi connectivity index (χ2n) is 5.07. The Morgan fingerprint density at radius 3 is 2.89 bits per heavy atom. The molecule has 0 unspecified atom stereocenters. The minimum atomic E-state index is 1.04. The molecule has 2 aliphatic rings. The van der Waals surface area contributed by atoms with Crippen LogP contribution in [0.5, 0.6) is 0 Å². The fourth-order valence-corrected chi connectivity index (χ4v) is 3.54. The fourth-order valence-electron chi connectivity index (χ4n) is 2.59. The Morgan fingerprint density at radius 1 is 1.16 bits per heavy atom. The van der Waals surface area contributed by atoms with Crippen LogP contribution < -0.4 is 10.3 Å². The lowest BCUT2D eigenvalue weighted by atomic mass is 10.1. The van der Waals surface area contributed by atoms with Gasteiger partial charge < -0.3 is 5.32 Å². The summed E-state index contributed by atoms with van der Waals surface area (Å²) in [5.74, 6) is 2.34. The molecule has 0 saturated carbocycles. The van der Waals surface area contributed by atoms with Crippen molar-refractivity contribution in [3.63, 3.8) is 0 Å². The molecule has 3 rings (SSSR count). The lowest BCUT2D eigenvalue weighted by molar-refractivity contribution is 0.663. The number of benzene rings is 1. The molecular weight excluding hydrogens is 254 g/mol. The average Bonchev–Trinajstić information content (AvgIpc) is 2.45. The number of piperidine rings is 1. The first-order valence-electron chi connectivity index (χ1n) is 7.14. The van der Waals surface area contributed by atoms with Gasteiger partial charge in [0.25, 0.3) is 0 Å². The van der Waals surface area contributed by atoms with Crippen LogP contribution in [0.25, 0.3) is 0 Å². The molecule has 0 radical (unpaired) electrons. The molecule has 3 nitrogen and oxygen atoms in total. The zero-order valence-electron chi connectivity index (χ0n) is 11.3. The predicted octanol–water partition coefficient (Wildman–Crippen LogP) is 2.87. The van der Waals surface area contributed by atoms with Crippen LogP contribution >= 0.6 is 11.8 Å². The van der Waals surface area contributed by atoms with Crippen molar-refractivity contribution in [2.45, 2.75) is 25.0 Å². The van der Waals surface area contributed by atoms with Gasteiger partial charge in [-0.15, -0.1) is 0 Å². The van der Waals surface area contributed by atoms with Gasteiger partial charge in [0.2, 0.25) is 0 Å². The summed E-state index contributed by atoms with van der Waals surface area (Å²) in [6, 6.07) is 8.72. The standard InChI is InChI=1S/C15H21N3S/c1-2-5-15-13(4-1)12-19-11-3-10-18(15)17-14-6-8-16-9-7-14/h1-2,4-5,16H,3,6-12H2. The van der Waals surface area contributed by atoms with Crippen molar-refractivity contribution in [3.05, 3.63) is 29.8 Å². The quantitative estimate of drug-likeness (QED) is 0.854. The molecular formula is C15H21N3S. The van der Waals surface area contributed by atoms with E-state index in [1.807, 2.05) is 11.8 Å². The molecule has 2 aliphatic heterocycles. The maximum Gasteiger partial charge on any atom is 0.0634 e. The van der Waals surface area contributed by atoms with Crippen molar-refractivity contribution in [3.8, 4) is 0 Å². The van der Waals surface area contributed by atoms with Crippen LogP contribution in [0.15, 0.2) is 29.4 Å². The van der Waals surface area contributed by atoms with Crippen LogP contribution in [-0.4, -0.2) is 31.1 Å². The van der Waals surface area contributed by atoms with E-state index in [2.05, 4.69) is 34.6 Å². The minimum absolute atomic E-state index is 1.04. The third kappa shape index (κ3) is 3.31. The van der Waals surface area contributed by atoms with Crippen molar-refractivity contribution in [2.75, 3.05) is 30.4 Å². The van der Waals surface area contributed by atoms with Crippen LogP contribution in [0.2, 0.25) is 0 Å². The highest BCUT2D eigenvalue weighted by Gasteiger charge is 2.15. The Morgan fingerprint density at radius 2 is 2.00 bits per heavy atom. The molecule has 19 heavy (non-hydrogen) atoms. The van der Waals surface area contributed by atoms with Crippen LogP contribution in [-0.2, 0) is 5.75 Å². The maximum atomic E-state index is 4.94. The van der Waals surface area contributed by atoms with Gasteiger partial charge in [-0.05, 0) is 23.8 Å². The van der Waals surface area contributed by atoms with Gasteiger partial charge in [0.15, 0.2) is 0 Å². The molecule has 0 bridgehead atoms. The van der Waals surface area contributed by atoms with Crippen molar-refractivity contribution in [1.82, 2.24) is 5.32 Å². The Balaban J connectivity index is 1.87. The van der Waals surface area contributed by atoms with E-state index < -0.39 is 0 Å². The molecule has 2 heterocycles. The molecule has 4 heteroatoms. The van der Waals surface area contributed by atoms with E-state index in [4.69, 9.17) is 5.10 Å². The summed E-state index contributed by atoms with van der Waals surface area (Å²) in [5.41, 5.74) is 4.08. The van der Waals surface area contributed by atoms with Gasteiger partial charge >= 0.3 is 0 Å². The Labute approximate surface area is 119 Å². The second-order valence-corrected chi connectivity index (χ2v) is 6.18. The largest absolute Gasteiger partial charge is 0.316 e. The van der Waals surface area contributed by atoms with Gasteiger partial charge in [0.1, 0.15) is 0 Å². The highest BCUT2D eigenvalue weighted by molar-refractivity contribution is 7.98.